The van der Waals surface area contributed by atoms with E-state index >= 15 is 0 Å². The minimum absolute atomic E-state index is 0.00860. The zero-order chi connectivity index (χ0) is 20.1. The molecule has 3 rings (SSSR count). The molecule has 0 aromatic heterocycles. The summed E-state index contributed by atoms with van der Waals surface area (Å²) in [6.07, 6.45) is 2.57. The van der Waals surface area contributed by atoms with Crippen molar-refractivity contribution in [2.24, 2.45) is 5.92 Å². The van der Waals surface area contributed by atoms with Crippen molar-refractivity contribution >= 4 is 17.5 Å². The van der Waals surface area contributed by atoms with E-state index in [-0.39, 0.29) is 30.0 Å². The fourth-order valence-corrected chi connectivity index (χ4v) is 3.79. The van der Waals surface area contributed by atoms with E-state index in [2.05, 4.69) is 31.3 Å². The molecular formula is C23H27FN2O2. The Balaban J connectivity index is 1.62. The van der Waals surface area contributed by atoms with Gasteiger partial charge >= 0.3 is 0 Å². The van der Waals surface area contributed by atoms with Gasteiger partial charge in [-0.2, -0.15) is 0 Å². The second-order valence-corrected chi connectivity index (χ2v) is 7.20. The Kier molecular flexibility index (Phi) is 6.45. The first-order valence-electron chi connectivity index (χ1n) is 9.96. The number of aryl methyl sites for hydroxylation is 2. The first kappa shape index (κ1) is 20.1. The van der Waals surface area contributed by atoms with E-state index in [4.69, 9.17) is 0 Å². The van der Waals surface area contributed by atoms with Crippen molar-refractivity contribution in [2.45, 2.75) is 39.5 Å². The molecule has 1 heterocycles. The van der Waals surface area contributed by atoms with Crippen molar-refractivity contribution in [3.63, 3.8) is 0 Å². The van der Waals surface area contributed by atoms with Crippen molar-refractivity contribution < 1.29 is 14.0 Å². The number of anilines is 1. The number of amides is 2. The maximum Gasteiger partial charge on any atom is 0.227 e. The van der Waals surface area contributed by atoms with Crippen LogP contribution in [0.4, 0.5) is 10.1 Å². The molecule has 1 saturated heterocycles. The third-order valence-corrected chi connectivity index (χ3v) is 5.36. The molecule has 4 nitrogen and oxygen atoms in total. The summed E-state index contributed by atoms with van der Waals surface area (Å²) in [5, 5.41) is 2.93. The van der Waals surface area contributed by atoms with Crippen LogP contribution in [-0.2, 0) is 28.9 Å². The van der Waals surface area contributed by atoms with Gasteiger partial charge < -0.3 is 10.2 Å². The highest BCUT2D eigenvalue weighted by Gasteiger charge is 2.36. The van der Waals surface area contributed by atoms with Gasteiger partial charge in [0.05, 0.1) is 5.92 Å². The Labute approximate surface area is 165 Å². The minimum Gasteiger partial charge on any atom is -0.355 e. The fourth-order valence-electron chi connectivity index (χ4n) is 3.79. The molecule has 1 fully saturated rings. The lowest BCUT2D eigenvalue weighted by Crippen LogP contribution is -2.34. The average molecular weight is 382 g/mol. The molecule has 5 heteroatoms. The summed E-state index contributed by atoms with van der Waals surface area (Å²) in [6, 6.07) is 12.4. The number of nitrogens with one attached hydrogen (secondary N) is 1. The van der Waals surface area contributed by atoms with Gasteiger partial charge in [0.15, 0.2) is 0 Å². The zero-order valence-electron chi connectivity index (χ0n) is 16.5. The topological polar surface area (TPSA) is 49.4 Å². The molecule has 1 atom stereocenters. The number of carbonyl (C=O) groups excluding carboxylic acids is 2. The molecule has 1 N–H and O–H groups in total. The lowest BCUT2D eigenvalue weighted by molar-refractivity contribution is -0.126. The monoisotopic (exact) mass is 382 g/mol. The van der Waals surface area contributed by atoms with Crippen LogP contribution in [-0.4, -0.2) is 24.9 Å². The van der Waals surface area contributed by atoms with Crippen molar-refractivity contribution in [2.75, 3.05) is 18.0 Å². The van der Waals surface area contributed by atoms with Gasteiger partial charge in [-0.25, -0.2) is 4.39 Å². The molecule has 0 saturated carbocycles. The molecule has 2 amide bonds. The number of rotatable bonds is 7. The van der Waals surface area contributed by atoms with Crippen LogP contribution in [0, 0.1) is 11.7 Å². The molecule has 2 aromatic rings. The Bertz CT molecular complexity index is 826. The Morgan fingerprint density at radius 3 is 2.36 bits per heavy atom. The second kappa shape index (κ2) is 9.00. The van der Waals surface area contributed by atoms with Crippen LogP contribution in [0.25, 0.3) is 0 Å². The minimum atomic E-state index is -0.338. The number of hydrogen-bond donors (Lipinski definition) is 1. The lowest BCUT2D eigenvalue weighted by atomic mass is 10.0. The van der Waals surface area contributed by atoms with E-state index in [0.717, 1.165) is 35.2 Å². The first-order chi connectivity index (χ1) is 13.5. The van der Waals surface area contributed by atoms with Crippen molar-refractivity contribution in [1.82, 2.24) is 5.32 Å². The molecule has 0 bridgehead atoms. The van der Waals surface area contributed by atoms with Crippen LogP contribution in [0.2, 0.25) is 0 Å². The Morgan fingerprint density at radius 2 is 1.75 bits per heavy atom. The molecule has 1 aliphatic rings. The predicted molar refractivity (Wildman–Crippen MR) is 109 cm³/mol. The second-order valence-electron chi connectivity index (χ2n) is 7.20. The van der Waals surface area contributed by atoms with Crippen LogP contribution in [0.1, 0.15) is 37.0 Å². The van der Waals surface area contributed by atoms with Crippen LogP contribution in [0.3, 0.4) is 0 Å². The lowest BCUT2D eigenvalue weighted by Gasteiger charge is -2.23. The van der Waals surface area contributed by atoms with Crippen LogP contribution < -0.4 is 10.2 Å². The van der Waals surface area contributed by atoms with Gasteiger partial charge in [0.2, 0.25) is 11.8 Å². The van der Waals surface area contributed by atoms with Gasteiger partial charge in [0.25, 0.3) is 0 Å². The van der Waals surface area contributed by atoms with Crippen LogP contribution >= 0.6 is 0 Å². The van der Waals surface area contributed by atoms with Crippen molar-refractivity contribution in [1.29, 1.82) is 0 Å². The highest BCUT2D eigenvalue weighted by molar-refractivity contribution is 6.01. The summed E-state index contributed by atoms with van der Waals surface area (Å²) < 4.78 is 13.0. The Morgan fingerprint density at radius 1 is 1.11 bits per heavy atom. The van der Waals surface area contributed by atoms with Gasteiger partial charge in [0.1, 0.15) is 5.82 Å². The van der Waals surface area contributed by atoms with E-state index in [1.165, 1.54) is 12.1 Å². The number of carbonyl (C=O) groups is 2. The molecule has 2 aromatic carbocycles. The van der Waals surface area contributed by atoms with E-state index in [0.29, 0.717) is 19.5 Å². The predicted octanol–water partition coefficient (Wildman–Crippen LogP) is 3.66. The van der Waals surface area contributed by atoms with E-state index in [1.807, 2.05) is 6.07 Å². The van der Waals surface area contributed by atoms with Gasteiger partial charge in [0, 0.05) is 25.2 Å². The smallest absolute Gasteiger partial charge is 0.227 e. The van der Waals surface area contributed by atoms with Gasteiger partial charge in [-0.15, -0.1) is 0 Å². The number of hydrogen-bond acceptors (Lipinski definition) is 2. The number of para-hydroxylation sites is 1. The largest absolute Gasteiger partial charge is 0.355 e. The SMILES string of the molecule is CCc1cccc(CC)c1N1CC(C(=O)NCCc2ccc(F)cc2)CC1=O. The molecule has 148 valence electrons. The summed E-state index contributed by atoms with van der Waals surface area (Å²) in [5.74, 6) is -0.689. The molecule has 28 heavy (non-hydrogen) atoms. The zero-order valence-corrected chi connectivity index (χ0v) is 16.5. The normalized spacial score (nSPS) is 16.5. The van der Waals surface area contributed by atoms with Crippen LogP contribution in [0.15, 0.2) is 42.5 Å². The number of nitrogens with zero attached hydrogens (tertiary/aromatic N) is 1. The number of halogens is 1. The highest BCUT2D eigenvalue weighted by Crippen LogP contribution is 2.32. The third kappa shape index (κ3) is 4.41. The van der Waals surface area contributed by atoms with Gasteiger partial charge in [-0.1, -0.05) is 44.2 Å². The molecular weight excluding hydrogens is 355 g/mol. The summed E-state index contributed by atoms with van der Waals surface area (Å²) in [7, 11) is 0. The van der Waals surface area contributed by atoms with Crippen LogP contribution in [0.5, 0.6) is 0 Å². The average Bonchev–Trinajstić information content (AvgIpc) is 3.10. The number of benzene rings is 2. The third-order valence-electron chi connectivity index (χ3n) is 5.36. The van der Waals surface area contributed by atoms with Gasteiger partial charge in [-0.05, 0) is 48.1 Å². The van der Waals surface area contributed by atoms with E-state index in [9.17, 15) is 14.0 Å². The summed E-state index contributed by atoms with van der Waals surface area (Å²) in [4.78, 5) is 27.0. The quantitative estimate of drug-likeness (QED) is 0.794. The van der Waals surface area contributed by atoms with Crippen molar-refractivity contribution in [3.05, 3.63) is 65.0 Å². The fraction of sp³-hybridized carbons (Fsp3) is 0.391. The van der Waals surface area contributed by atoms with Crippen molar-refractivity contribution in [3.8, 4) is 0 Å². The molecule has 0 spiro atoms. The Hall–Kier alpha value is -2.69. The maximum absolute atomic E-state index is 13.0. The van der Waals surface area contributed by atoms with Gasteiger partial charge in [-0.3, -0.25) is 9.59 Å². The summed E-state index contributed by atoms with van der Waals surface area (Å²) >= 11 is 0. The first-order valence-corrected chi connectivity index (χ1v) is 9.96. The molecule has 0 aliphatic carbocycles. The summed E-state index contributed by atoms with van der Waals surface area (Å²) in [6.45, 7) is 5.06. The molecule has 1 unspecified atom stereocenters. The summed E-state index contributed by atoms with van der Waals surface area (Å²) in [5.41, 5.74) is 4.24. The standard InChI is InChI=1S/C23H27FN2O2/c1-3-17-6-5-7-18(4-2)22(17)26-15-19(14-21(26)27)23(28)25-13-12-16-8-10-20(24)11-9-16/h5-11,19H,3-4,12-15H2,1-2H3,(H,25,28). The molecule has 1 aliphatic heterocycles. The van der Waals surface area contributed by atoms with E-state index < -0.39 is 0 Å². The van der Waals surface area contributed by atoms with E-state index in [1.54, 1.807) is 17.0 Å². The maximum atomic E-state index is 13.0. The highest BCUT2D eigenvalue weighted by atomic mass is 19.1. The molecule has 0 radical (unpaired) electrons.